The zero-order valence-corrected chi connectivity index (χ0v) is 13.6. The molecule has 0 saturated carbocycles. The Hall–Kier alpha value is -2.75. The quantitative estimate of drug-likeness (QED) is 0.858. The third kappa shape index (κ3) is 2.64. The van der Waals surface area contributed by atoms with Crippen molar-refractivity contribution in [2.24, 2.45) is 9.98 Å². The molecule has 2 aliphatic rings. The summed E-state index contributed by atoms with van der Waals surface area (Å²) in [6.45, 7) is 2.43. The molecule has 0 saturated heterocycles. The Morgan fingerprint density at radius 2 is 1.67 bits per heavy atom. The number of aliphatic imine (C=N–C) groups is 2. The lowest BCUT2D eigenvalue weighted by Crippen LogP contribution is -2.44. The molecule has 1 amide bonds. The monoisotopic (exact) mass is 317 g/mol. The molecule has 0 spiro atoms. The number of nitrogens with zero attached hydrogens (tertiary/aromatic N) is 3. The number of amides is 1. The Balaban J connectivity index is 1.72. The average Bonchev–Trinajstić information content (AvgIpc) is 2.92. The number of rotatable bonds is 3. The molecule has 0 radical (unpaired) electrons. The van der Waals surface area contributed by atoms with Crippen molar-refractivity contribution in [2.45, 2.75) is 25.4 Å². The molecule has 0 N–H and O–H groups in total. The molecule has 0 bridgehead atoms. The minimum absolute atomic E-state index is 0.0295. The van der Waals surface area contributed by atoms with Gasteiger partial charge in [-0.3, -0.25) is 19.7 Å². The lowest BCUT2D eigenvalue weighted by atomic mass is 10.0. The predicted molar refractivity (Wildman–Crippen MR) is 95.4 cm³/mol. The average molecular weight is 317 g/mol. The van der Waals surface area contributed by atoms with E-state index in [1.54, 1.807) is 0 Å². The second kappa shape index (κ2) is 6.04. The highest BCUT2D eigenvalue weighted by molar-refractivity contribution is 6.46. The Morgan fingerprint density at radius 3 is 2.38 bits per heavy atom. The van der Waals surface area contributed by atoms with E-state index < -0.39 is 0 Å². The van der Waals surface area contributed by atoms with Gasteiger partial charge in [0.05, 0.1) is 18.3 Å². The Labute approximate surface area is 141 Å². The van der Waals surface area contributed by atoms with E-state index in [1.807, 2.05) is 48.2 Å². The first kappa shape index (κ1) is 14.8. The second-order valence-corrected chi connectivity index (χ2v) is 6.24. The molecule has 2 aromatic rings. The number of hydrogen-bond acceptors (Lipinski definition) is 3. The van der Waals surface area contributed by atoms with Crippen LogP contribution < -0.4 is 0 Å². The van der Waals surface area contributed by atoms with E-state index in [0.717, 1.165) is 17.1 Å². The van der Waals surface area contributed by atoms with Crippen LogP contribution in [0.15, 0.2) is 70.6 Å². The molecule has 2 aromatic carbocycles. The summed E-state index contributed by atoms with van der Waals surface area (Å²) in [5.41, 5.74) is 3.22. The summed E-state index contributed by atoms with van der Waals surface area (Å²) in [6.07, 6.45) is 0.694. The molecule has 4 rings (SSSR count). The topological polar surface area (TPSA) is 45.0 Å². The molecule has 4 nitrogen and oxygen atoms in total. The van der Waals surface area contributed by atoms with E-state index in [-0.39, 0.29) is 18.0 Å². The fraction of sp³-hybridized carbons (Fsp3) is 0.250. The third-order valence-corrected chi connectivity index (χ3v) is 4.52. The van der Waals surface area contributed by atoms with Gasteiger partial charge in [0.15, 0.2) is 5.84 Å². The third-order valence-electron chi connectivity index (χ3n) is 4.52. The van der Waals surface area contributed by atoms with Crippen molar-refractivity contribution in [3.63, 3.8) is 0 Å². The minimum atomic E-state index is -0.310. The van der Waals surface area contributed by atoms with Gasteiger partial charge in [0, 0.05) is 6.42 Å². The van der Waals surface area contributed by atoms with Crippen molar-refractivity contribution in [3.8, 4) is 0 Å². The van der Waals surface area contributed by atoms with Crippen LogP contribution in [0.5, 0.6) is 0 Å². The second-order valence-electron chi connectivity index (χ2n) is 6.24. The standard InChI is InChI=1S/C20H19N3O/c1-14-20(24)23-13-18(16-10-6-3-7-11-16)22-17(19(23)21-14)12-15-8-4-2-5-9-15/h2-11,14,18H,12-13H2,1H3. The van der Waals surface area contributed by atoms with Gasteiger partial charge >= 0.3 is 0 Å². The van der Waals surface area contributed by atoms with Crippen molar-refractivity contribution >= 4 is 17.5 Å². The summed E-state index contributed by atoms with van der Waals surface area (Å²) in [5, 5.41) is 0. The van der Waals surface area contributed by atoms with Crippen molar-refractivity contribution < 1.29 is 4.79 Å². The van der Waals surface area contributed by atoms with E-state index in [1.165, 1.54) is 5.56 Å². The summed E-state index contributed by atoms with van der Waals surface area (Å²) < 4.78 is 0. The lowest BCUT2D eigenvalue weighted by Gasteiger charge is -2.29. The predicted octanol–water partition coefficient (Wildman–Crippen LogP) is 3.05. The smallest absolute Gasteiger partial charge is 0.252 e. The normalized spacial score (nSPS) is 22.9. The van der Waals surface area contributed by atoms with Crippen LogP contribution in [0.3, 0.4) is 0 Å². The van der Waals surface area contributed by atoms with E-state index in [0.29, 0.717) is 13.0 Å². The van der Waals surface area contributed by atoms with Crippen LogP contribution in [0.1, 0.15) is 24.1 Å². The lowest BCUT2D eigenvalue weighted by molar-refractivity contribution is -0.127. The van der Waals surface area contributed by atoms with Crippen LogP contribution in [0.4, 0.5) is 0 Å². The first-order chi connectivity index (χ1) is 11.7. The SMILES string of the molecule is CC1N=C2C(Cc3ccccc3)=NC(c3ccccc3)CN2C1=O. The molecular weight excluding hydrogens is 298 g/mol. The number of fused-ring (bicyclic) bond motifs is 1. The molecule has 120 valence electrons. The Kier molecular flexibility index (Phi) is 3.73. The molecular formula is C20H19N3O. The first-order valence-electron chi connectivity index (χ1n) is 8.27. The number of amidine groups is 1. The molecule has 2 atom stereocenters. The molecule has 2 heterocycles. The van der Waals surface area contributed by atoms with E-state index in [2.05, 4.69) is 29.3 Å². The van der Waals surface area contributed by atoms with Crippen LogP contribution in [0, 0.1) is 0 Å². The molecule has 0 aromatic heterocycles. The minimum Gasteiger partial charge on any atom is -0.291 e. The van der Waals surface area contributed by atoms with Crippen molar-refractivity contribution in [2.75, 3.05) is 6.54 Å². The first-order valence-corrected chi connectivity index (χ1v) is 8.27. The van der Waals surface area contributed by atoms with Gasteiger partial charge < -0.3 is 0 Å². The summed E-state index contributed by atoms with van der Waals surface area (Å²) >= 11 is 0. The van der Waals surface area contributed by atoms with Gasteiger partial charge in [0.1, 0.15) is 6.04 Å². The van der Waals surface area contributed by atoms with Crippen LogP contribution in [0.25, 0.3) is 0 Å². The summed E-state index contributed by atoms with van der Waals surface area (Å²) in [7, 11) is 0. The number of benzene rings is 2. The summed E-state index contributed by atoms with van der Waals surface area (Å²) in [4.78, 5) is 23.8. The number of hydrogen-bond donors (Lipinski definition) is 0. The molecule has 24 heavy (non-hydrogen) atoms. The molecule has 4 heteroatoms. The van der Waals surface area contributed by atoms with Gasteiger partial charge in [-0.25, -0.2) is 0 Å². The van der Waals surface area contributed by atoms with E-state index >= 15 is 0 Å². The zero-order chi connectivity index (χ0) is 16.5. The fourth-order valence-electron chi connectivity index (χ4n) is 3.27. The van der Waals surface area contributed by atoms with Crippen LogP contribution >= 0.6 is 0 Å². The van der Waals surface area contributed by atoms with Gasteiger partial charge in [-0.1, -0.05) is 60.7 Å². The highest BCUT2D eigenvalue weighted by Crippen LogP contribution is 2.27. The van der Waals surface area contributed by atoms with Crippen molar-refractivity contribution in [3.05, 3.63) is 71.8 Å². The molecule has 0 fully saturated rings. The molecule has 0 aliphatic carbocycles. The van der Waals surface area contributed by atoms with Crippen LogP contribution in [-0.4, -0.2) is 34.9 Å². The van der Waals surface area contributed by atoms with Crippen molar-refractivity contribution in [1.29, 1.82) is 0 Å². The van der Waals surface area contributed by atoms with E-state index in [9.17, 15) is 4.79 Å². The highest BCUT2D eigenvalue weighted by atomic mass is 16.2. The Bertz CT molecular complexity index is 811. The molecule has 2 unspecified atom stereocenters. The largest absolute Gasteiger partial charge is 0.291 e. The number of carbonyl (C=O) groups excluding carboxylic acids is 1. The maximum atomic E-state index is 12.5. The van der Waals surface area contributed by atoms with Gasteiger partial charge in [-0.05, 0) is 18.1 Å². The van der Waals surface area contributed by atoms with Crippen LogP contribution in [-0.2, 0) is 11.2 Å². The zero-order valence-electron chi connectivity index (χ0n) is 13.6. The van der Waals surface area contributed by atoms with Crippen molar-refractivity contribution in [1.82, 2.24) is 4.90 Å². The van der Waals surface area contributed by atoms with Gasteiger partial charge in [-0.15, -0.1) is 0 Å². The van der Waals surface area contributed by atoms with Gasteiger partial charge in [0.25, 0.3) is 5.91 Å². The van der Waals surface area contributed by atoms with Crippen LogP contribution in [0.2, 0.25) is 0 Å². The fourth-order valence-corrected chi connectivity index (χ4v) is 3.27. The summed E-state index contributed by atoms with van der Waals surface area (Å²) in [6, 6.07) is 20.0. The molecule has 2 aliphatic heterocycles. The van der Waals surface area contributed by atoms with Gasteiger partial charge in [0.2, 0.25) is 0 Å². The van der Waals surface area contributed by atoms with Gasteiger partial charge in [-0.2, -0.15) is 0 Å². The maximum absolute atomic E-state index is 12.5. The highest BCUT2D eigenvalue weighted by Gasteiger charge is 2.38. The van der Waals surface area contributed by atoms with E-state index in [4.69, 9.17) is 4.99 Å². The Morgan fingerprint density at radius 1 is 1.00 bits per heavy atom. The maximum Gasteiger partial charge on any atom is 0.252 e. The number of carbonyl (C=O) groups is 1. The summed E-state index contributed by atoms with van der Waals surface area (Å²) in [5.74, 6) is 0.829.